The number of fused-ring (bicyclic) bond motifs is 9. The monoisotopic (exact) mass is 818 g/mol. The second-order valence-electron chi connectivity index (χ2n) is 16.1. The van der Waals surface area contributed by atoms with Crippen LogP contribution in [0.15, 0.2) is 223 Å². The Morgan fingerprint density at radius 1 is 0.413 bits per heavy atom. The zero-order valence-electron chi connectivity index (χ0n) is 34.2. The van der Waals surface area contributed by atoms with E-state index in [1.54, 1.807) is 0 Å². The van der Waals surface area contributed by atoms with Crippen molar-refractivity contribution in [2.45, 2.75) is 0 Å². The number of benzene rings is 11. The number of hydrogen-bond acceptors (Lipinski definition) is 2. The van der Waals surface area contributed by atoms with Gasteiger partial charge in [-0.3, -0.25) is 5.41 Å². The molecule has 3 heteroatoms. The summed E-state index contributed by atoms with van der Waals surface area (Å²) in [4.78, 5) is 5.05. The van der Waals surface area contributed by atoms with Gasteiger partial charge in [0.25, 0.3) is 0 Å². The summed E-state index contributed by atoms with van der Waals surface area (Å²) in [6.45, 7) is 0. The number of amidine groups is 1. The summed E-state index contributed by atoms with van der Waals surface area (Å²) in [5.41, 5.74) is 8.41. The van der Waals surface area contributed by atoms with Gasteiger partial charge in [0.1, 0.15) is 0 Å². The zero-order valence-corrected chi connectivity index (χ0v) is 35.0. The van der Waals surface area contributed by atoms with Crippen molar-refractivity contribution >= 4 is 103 Å². The van der Waals surface area contributed by atoms with Gasteiger partial charge in [-0.2, -0.15) is 0 Å². The van der Waals surface area contributed by atoms with Gasteiger partial charge in [-0.05, 0) is 99.9 Å². The van der Waals surface area contributed by atoms with E-state index in [0.29, 0.717) is 0 Å². The highest BCUT2D eigenvalue weighted by atomic mass is 32.1. The van der Waals surface area contributed by atoms with Crippen LogP contribution in [0.4, 0.5) is 0 Å². The van der Waals surface area contributed by atoms with Gasteiger partial charge in [-0.15, -0.1) is 11.3 Å². The summed E-state index contributed by atoms with van der Waals surface area (Å²) < 4.78 is 2.58. The maximum absolute atomic E-state index is 9.16. The maximum Gasteiger partial charge on any atom is 0.152 e. The quantitative estimate of drug-likeness (QED) is 0.0751. The Labute approximate surface area is 368 Å². The minimum Gasteiger partial charge on any atom is -0.282 e. The summed E-state index contributed by atoms with van der Waals surface area (Å²) in [7, 11) is 0. The SMILES string of the molecule is N=C(N=C(/C=C/c1c2ccccc2c(-c2c3ccccc3cc3c2ccc2ccccc23)c2ccccc12)c1ccc(-c2cccc3c2sc2ccccc23)cc1)c1ccccc1. The molecule has 0 aliphatic rings. The summed E-state index contributed by atoms with van der Waals surface area (Å²) in [6.07, 6.45) is 4.32. The largest absolute Gasteiger partial charge is 0.282 e. The molecule has 0 amide bonds. The second-order valence-corrected chi connectivity index (χ2v) is 17.2. The van der Waals surface area contributed by atoms with Crippen molar-refractivity contribution in [2.24, 2.45) is 4.99 Å². The Balaban J connectivity index is 1.04. The average molecular weight is 819 g/mol. The van der Waals surface area contributed by atoms with Crippen LogP contribution in [0.3, 0.4) is 0 Å². The molecule has 0 aliphatic carbocycles. The highest BCUT2D eigenvalue weighted by Gasteiger charge is 2.20. The number of aliphatic imine (C=N–C) groups is 1. The standard InChI is InChI=1S/C60H38N2S/c61-60(41-16-2-1-3-17-41)62-55(40-31-29-39(30-32-40)45-26-14-27-53-49-23-12-13-28-56(49)63-59(45)53)36-35-48-46-21-8-10-24-50(46)58(51-25-11-9-22-47(48)51)57-44-20-7-5-18-42(44)37-54-43-19-6-4-15-38(43)33-34-52(54)57/h1-37,61H/b36-35+,61-60?,62-55?. The van der Waals surface area contributed by atoms with E-state index >= 15 is 0 Å². The summed E-state index contributed by atoms with van der Waals surface area (Å²) in [5, 5.41) is 23.9. The van der Waals surface area contributed by atoms with Gasteiger partial charge >= 0.3 is 0 Å². The van der Waals surface area contributed by atoms with Gasteiger partial charge in [0.2, 0.25) is 0 Å². The summed E-state index contributed by atoms with van der Waals surface area (Å²) in [6, 6.07) is 75.8. The summed E-state index contributed by atoms with van der Waals surface area (Å²) >= 11 is 1.84. The molecule has 0 spiro atoms. The van der Waals surface area contributed by atoms with Crippen LogP contribution >= 0.6 is 11.3 Å². The molecule has 1 N–H and O–H groups in total. The number of nitrogens with one attached hydrogen (secondary N) is 1. The number of allylic oxidation sites excluding steroid dienone is 1. The molecule has 0 bridgehead atoms. The summed E-state index contributed by atoms with van der Waals surface area (Å²) in [5.74, 6) is 0.217. The van der Waals surface area contributed by atoms with E-state index in [0.717, 1.165) is 38.7 Å². The molecule has 0 saturated carbocycles. The molecule has 0 fully saturated rings. The first-order chi connectivity index (χ1) is 31.2. The van der Waals surface area contributed by atoms with Crippen molar-refractivity contribution < 1.29 is 0 Å². The fraction of sp³-hybridized carbons (Fsp3) is 0. The molecular formula is C60H38N2S. The molecule has 0 atom stereocenters. The third-order valence-corrected chi connectivity index (χ3v) is 13.8. The Morgan fingerprint density at radius 3 is 1.73 bits per heavy atom. The third kappa shape index (κ3) is 6.24. The van der Waals surface area contributed by atoms with Crippen LogP contribution in [0.1, 0.15) is 16.7 Å². The van der Waals surface area contributed by atoms with Crippen LogP contribution < -0.4 is 0 Å². The lowest BCUT2D eigenvalue weighted by Gasteiger charge is -2.20. The van der Waals surface area contributed by atoms with Gasteiger partial charge in [0.05, 0.1) is 5.71 Å². The van der Waals surface area contributed by atoms with Crippen molar-refractivity contribution in [3.05, 3.63) is 235 Å². The number of rotatable bonds is 6. The smallest absolute Gasteiger partial charge is 0.152 e. The van der Waals surface area contributed by atoms with E-state index in [1.165, 1.54) is 80.0 Å². The Kier molecular flexibility index (Phi) is 8.88. The molecule has 294 valence electrons. The highest BCUT2D eigenvalue weighted by Crippen LogP contribution is 2.47. The maximum atomic E-state index is 9.16. The van der Waals surface area contributed by atoms with E-state index < -0.39 is 0 Å². The number of thiophene rings is 1. The first-order valence-electron chi connectivity index (χ1n) is 21.4. The van der Waals surface area contributed by atoms with Gasteiger partial charge in [-0.25, -0.2) is 4.99 Å². The molecule has 0 radical (unpaired) electrons. The van der Waals surface area contributed by atoms with Crippen molar-refractivity contribution in [3.63, 3.8) is 0 Å². The average Bonchev–Trinajstić information content (AvgIpc) is 3.74. The molecule has 12 rings (SSSR count). The van der Waals surface area contributed by atoms with Crippen molar-refractivity contribution in [3.8, 4) is 22.3 Å². The van der Waals surface area contributed by atoms with Crippen LogP contribution in [-0.4, -0.2) is 11.5 Å². The van der Waals surface area contributed by atoms with Crippen molar-refractivity contribution in [1.29, 1.82) is 5.41 Å². The van der Waals surface area contributed by atoms with E-state index in [2.05, 4.69) is 194 Å². The Bertz CT molecular complexity index is 3800. The molecule has 63 heavy (non-hydrogen) atoms. The third-order valence-electron chi connectivity index (χ3n) is 12.6. The number of hydrogen-bond donors (Lipinski definition) is 1. The molecule has 1 heterocycles. The van der Waals surface area contributed by atoms with Crippen LogP contribution in [0.5, 0.6) is 0 Å². The van der Waals surface area contributed by atoms with Crippen molar-refractivity contribution in [2.75, 3.05) is 0 Å². The minimum atomic E-state index is 0.217. The van der Waals surface area contributed by atoms with Crippen LogP contribution in [-0.2, 0) is 0 Å². The fourth-order valence-electron chi connectivity index (χ4n) is 9.64. The fourth-order valence-corrected chi connectivity index (χ4v) is 10.9. The van der Waals surface area contributed by atoms with Crippen molar-refractivity contribution in [1.82, 2.24) is 0 Å². The molecule has 0 saturated heterocycles. The zero-order chi connectivity index (χ0) is 41.9. The van der Waals surface area contributed by atoms with E-state index in [4.69, 9.17) is 10.4 Å². The molecule has 2 nitrogen and oxygen atoms in total. The van der Waals surface area contributed by atoms with E-state index in [9.17, 15) is 0 Å². The molecule has 0 unspecified atom stereocenters. The van der Waals surface area contributed by atoms with Crippen LogP contribution in [0.25, 0.3) is 102 Å². The van der Waals surface area contributed by atoms with Gasteiger partial charge in [-0.1, -0.05) is 206 Å². The molecule has 12 aromatic rings. The molecular weight excluding hydrogens is 781 g/mol. The first-order valence-corrected chi connectivity index (χ1v) is 22.2. The Hall–Kier alpha value is -7.98. The lowest BCUT2D eigenvalue weighted by molar-refractivity contribution is 1.41. The van der Waals surface area contributed by atoms with Crippen LogP contribution in [0.2, 0.25) is 0 Å². The van der Waals surface area contributed by atoms with Gasteiger partial charge in [0.15, 0.2) is 5.84 Å². The minimum absolute atomic E-state index is 0.217. The first kappa shape index (κ1) is 36.8. The van der Waals surface area contributed by atoms with Gasteiger partial charge in [0, 0.05) is 31.3 Å². The molecule has 11 aromatic carbocycles. The second kappa shape index (κ2) is 15.2. The molecule has 1 aromatic heterocycles. The predicted octanol–water partition coefficient (Wildman–Crippen LogP) is 16.7. The van der Waals surface area contributed by atoms with Gasteiger partial charge < -0.3 is 0 Å². The normalized spacial score (nSPS) is 12.2. The lowest BCUT2D eigenvalue weighted by atomic mass is 9.83. The van der Waals surface area contributed by atoms with Crippen LogP contribution in [0, 0.1) is 5.41 Å². The highest BCUT2D eigenvalue weighted by molar-refractivity contribution is 7.26. The Morgan fingerprint density at radius 2 is 0.984 bits per heavy atom. The van der Waals surface area contributed by atoms with E-state index in [-0.39, 0.29) is 5.84 Å². The topological polar surface area (TPSA) is 36.2 Å². The predicted molar refractivity (Wildman–Crippen MR) is 273 cm³/mol. The lowest BCUT2D eigenvalue weighted by Crippen LogP contribution is -2.04. The van der Waals surface area contributed by atoms with E-state index in [1.807, 2.05) is 41.7 Å². The number of nitrogens with zero attached hydrogens (tertiary/aromatic N) is 1. The molecule has 0 aliphatic heterocycles.